The van der Waals surface area contributed by atoms with E-state index in [0.29, 0.717) is 5.92 Å². The van der Waals surface area contributed by atoms with Crippen molar-refractivity contribution in [2.24, 2.45) is 11.3 Å². The highest BCUT2D eigenvalue weighted by Crippen LogP contribution is 2.50. The summed E-state index contributed by atoms with van der Waals surface area (Å²) in [4.78, 5) is 6.09. The number of hydrogen-bond acceptors (Lipinski definition) is 2. The Morgan fingerprint density at radius 3 is 2.47 bits per heavy atom. The molecule has 0 spiro atoms. The van der Waals surface area contributed by atoms with Crippen LogP contribution in [0.5, 0.6) is 0 Å². The molecular weight excluding hydrogens is 366 g/mol. The van der Waals surface area contributed by atoms with E-state index < -0.39 is 0 Å². The number of nitrogens with zero attached hydrogens (tertiary/aromatic N) is 3. The van der Waals surface area contributed by atoms with Gasteiger partial charge in [-0.2, -0.15) is 0 Å². The molecular formula is C27H29N3. The lowest BCUT2D eigenvalue weighted by Crippen LogP contribution is -2.34. The maximum Gasteiger partial charge on any atom is 0.265 e. The molecule has 0 bridgehead atoms. The first-order valence-electron chi connectivity index (χ1n) is 11.3. The number of nitriles is 1. The monoisotopic (exact) mass is 395 g/mol. The molecule has 0 saturated heterocycles. The van der Waals surface area contributed by atoms with Gasteiger partial charge in [0.1, 0.15) is 0 Å². The van der Waals surface area contributed by atoms with Crippen molar-refractivity contribution >= 4 is 11.3 Å². The lowest BCUT2D eigenvalue weighted by atomic mass is 9.62. The molecule has 0 saturated carbocycles. The first-order valence-corrected chi connectivity index (χ1v) is 11.3. The molecule has 0 N–H and O–H groups in total. The molecule has 152 valence electrons. The van der Waals surface area contributed by atoms with E-state index in [1.54, 1.807) is 0 Å². The van der Waals surface area contributed by atoms with Crippen LogP contribution in [0, 0.1) is 29.2 Å². The molecule has 1 aromatic rings. The lowest BCUT2D eigenvalue weighted by Gasteiger charge is -2.42. The first-order chi connectivity index (χ1) is 14.5. The van der Waals surface area contributed by atoms with Crippen LogP contribution >= 0.6 is 0 Å². The minimum atomic E-state index is 0.0799. The molecule has 0 fully saturated rings. The zero-order valence-electron chi connectivity index (χ0n) is 18.1. The second-order valence-corrected chi connectivity index (χ2v) is 10.0. The predicted molar refractivity (Wildman–Crippen MR) is 122 cm³/mol. The summed E-state index contributed by atoms with van der Waals surface area (Å²) >= 11 is 0. The number of anilines is 1. The fourth-order valence-electron chi connectivity index (χ4n) is 6.23. The van der Waals surface area contributed by atoms with E-state index in [-0.39, 0.29) is 11.1 Å². The van der Waals surface area contributed by atoms with Gasteiger partial charge in [0.2, 0.25) is 0 Å². The lowest BCUT2D eigenvalue weighted by molar-refractivity contribution is 0.227. The quantitative estimate of drug-likeness (QED) is 0.417. The highest BCUT2D eigenvalue weighted by molar-refractivity contribution is 5.76. The van der Waals surface area contributed by atoms with E-state index in [1.165, 1.54) is 72.3 Å². The van der Waals surface area contributed by atoms with Crippen LogP contribution in [0.1, 0.15) is 62.6 Å². The van der Waals surface area contributed by atoms with Crippen LogP contribution in [-0.2, 0) is 12.8 Å². The predicted octanol–water partition coefficient (Wildman–Crippen LogP) is 6.23. The Hall–Kier alpha value is -2.78. The second kappa shape index (κ2) is 7.17. The summed E-state index contributed by atoms with van der Waals surface area (Å²) in [5, 5.41) is 9.40. The number of hydrogen-bond donors (Lipinski definition) is 0. The van der Waals surface area contributed by atoms with Crippen molar-refractivity contribution in [3.8, 4) is 6.07 Å². The van der Waals surface area contributed by atoms with Crippen LogP contribution in [0.25, 0.3) is 10.4 Å². The second-order valence-electron chi connectivity index (χ2n) is 10.0. The largest absolute Gasteiger partial charge is 0.371 e. The van der Waals surface area contributed by atoms with Crippen LogP contribution in [-0.4, -0.2) is 13.1 Å². The molecule has 3 heteroatoms. The molecule has 1 unspecified atom stereocenters. The molecule has 30 heavy (non-hydrogen) atoms. The summed E-state index contributed by atoms with van der Waals surface area (Å²) in [7, 11) is 0. The standard InChI is InChI=1S/C27H29N3/c1-27(2)16-23(25(17-28)29-3)15-22-12-18(8-9-24(22)27)21-13-19-6-4-10-30-11-5-7-20(14-21)26(19)30/h12-15,24H,4-11,16H2,1-2H3. The van der Waals surface area contributed by atoms with Crippen molar-refractivity contribution in [2.45, 2.75) is 58.8 Å². The molecule has 0 aromatic heterocycles. The van der Waals surface area contributed by atoms with Crippen molar-refractivity contribution in [3.05, 3.63) is 69.2 Å². The van der Waals surface area contributed by atoms with Gasteiger partial charge in [0.05, 0.1) is 12.6 Å². The fourth-order valence-corrected chi connectivity index (χ4v) is 6.23. The normalized spacial score (nSPS) is 25.7. The van der Waals surface area contributed by atoms with Gasteiger partial charge >= 0.3 is 0 Å². The smallest absolute Gasteiger partial charge is 0.265 e. The first kappa shape index (κ1) is 19.2. The van der Waals surface area contributed by atoms with Gasteiger partial charge < -0.3 is 4.90 Å². The van der Waals surface area contributed by atoms with Gasteiger partial charge in [-0.25, -0.2) is 10.1 Å². The van der Waals surface area contributed by atoms with Gasteiger partial charge in [-0.1, -0.05) is 26.0 Å². The number of aryl methyl sites for hydroxylation is 2. The van der Waals surface area contributed by atoms with Crippen molar-refractivity contribution in [3.63, 3.8) is 0 Å². The van der Waals surface area contributed by atoms with Crippen molar-refractivity contribution in [1.29, 1.82) is 5.26 Å². The third kappa shape index (κ3) is 3.09. The molecule has 4 aliphatic rings. The van der Waals surface area contributed by atoms with Crippen molar-refractivity contribution in [1.82, 2.24) is 0 Å². The third-order valence-electron chi connectivity index (χ3n) is 7.60. The molecule has 3 nitrogen and oxygen atoms in total. The highest BCUT2D eigenvalue weighted by Gasteiger charge is 2.38. The Balaban J connectivity index is 1.59. The van der Waals surface area contributed by atoms with Gasteiger partial charge in [0, 0.05) is 18.8 Å². The highest BCUT2D eigenvalue weighted by atomic mass is 15.1. The Morgan fingerprint density at radius 2 is 1.83 bits per heavy atom. The van der Waals surface area contributed by atoms with Crippen molar-refractivity contribution < 1.29 is 0 Å². The van der Waals surface area contributed by atoms with E-state index in [4.69, 9.17) is 6.57 Å². The number of allylic oxidation sites excluding steroid dienone is 6. The van der Waals surface area contributed by atoms with Gasteiger partial charge in [0.25, 0.3) is 5.70 Å². The van der Waals surface area contributed by atoms with Gasteiger partial charge in [-0.15, -0.1) is 0 Å². The van der Waals surface area contributed by atoms with Crippen molar-refractivity contribution in [2.75, 3.05) is 18.0 Å². The fraction of sp³-hybridized carbons (Fsp3) is 0.481. The SMILES string of the molecule is [C-]#[N+]C(C#N)=C1C=C2C=C(c3cc4c5c(c3)CCCN5CCC4)CCC2C(C)(C)C1. The summed E-state index contributed by atoms with van der Waals surface area (Å²) in [6.45, 7) is 14.4. The van der Waals surface area contributed by atoms with Crippen LogP contribution < -0.4 is 4.90 Å². The van der Waals surface area contributed by atoms with Crippen LogP contribution in [0.2, 0.25) is 0 Å². The third-order valence-corrected chi connectivity index (χ3v) is 7.60. The summed E-state index contributed by atoms with van der Waals surface area (Å²) in [5.41, 5.74) is 9.99. The average molecular weight is 396 g/mol. The maximum atomic E-state index is 9.40. The molecule has 0 radical (unpaired) electrons. The Kier molecular flexibility index (Phi) is 4.59. The molecule has 0 amide bonds. The summed E-state index contributed by atoms with van der Waals surface area (Å²) < 4.78 is 0. The van der Waals surface area contributed by atoms with Gasteiger partial charge in [-0.05, 0) is 102 Å². The summed E-state index contributed by atoms with van der Waals surface area (Å²) in [5.74, 6) is 0.502. The van der Waals surface area contributed by atoms with Crippen LogP contribution in [0.4, 0.5) is 5.69 Å². The number of benzene rings is 1. The summed E-state index contributed by atoms with van der Waals surface area (Å²) in [6, 6.07) is 7.02. The minimum absolute atomic E-state index is 0.0799. The van der Waals surface area contributed by atoms with Gasteiger partial charge in [-0.3, -0.25) is 0 Å². The zero-order valence-corrected chi connectivity index (χ0v) is 18.1. The Bertz CT molecular complexity index is 1040. The van der Waals surface area contributed by atoms with E-state index in [1.807, 2.05) is 0 Å². The molecule has 5 rings (SSSR count). The molecule has 2 heterocycles. The van der Waals surface area contributed by atoms with Gasteiger partial charge in [0.15, 0.2) is 0 Å². The maximum absolute atomic E-state index is 9.40. The summed E-state index contributed by atoms with van der Waals surface area (Å²) in [6.07, 6.45) is 12.5. The average Bonchev–Trinajstić information content (AvgIpc) is 2.74. The Labute approximate surface area is 180 Å². The van der Waals surface area contributed by atoms with Crippen LogP contribution in [0.15, 0.2) is 41.1 Å². The Morgan fingerprint density at radius 1 is 1.13 bits per heavy atom. The number of fused-ring (bicyclic) bond motifs is 1. The molecule has 2 aliphatic heterocycles. The molecule has 1 aromatic carbocycles. The zero-order chi connectivity index (χ0) is 20.9. The van der Waals surface area contributed by atoms with E-state index in [9.17, 15) is 5.26 Å². The minimum Gasteiger partial charge on any atom is -0.371 e. The van der Waals surface area contributed by atoms with Crippen LogP contribution in [0.3, 0.4) is 0 Å². The van der Waals surface area contributed by atoms with E-state index in [0.717, 1.165) is 24.8 Å². The van der Waals surface area contributed by atoms with E-state index >= 15 is 0 Å². The van der Waals surface area contributed by atoms with E-state index in [2.05, 4.69) is 53.9 Å². The molecule has 2 aliphatic carbocycles. The molecule has 1 atom stereocenters. The number of rotatable bonds is 1. The topological polar surface area (TPSA) is 31.4 Å².